The lowest BCUT2D eigenvalue weighted by Crippen LogP contribution is -2.01. The molecular formula is C15H13ClN4O. The Morgan fingerprint density at radius 2 is 1.86 bits per heavy atom. The minimum Gasteiger partial charge on any atom is -0.508 e. The van der Waals surface area contributed by atoms with Gasteiger partial charge < -0.3 is 10.8 Å². The molecule has 3 rings (SSSR count). The maximum atomic E-state index is 9.67. The largest absolute Gasteiger partial charge is 0.508 e. The molecule has 3 aromatic rings. The number of rotatable bonds is 3. The second-order valence-electron chi connectivity index (χ2n) is 4.55. The minimum atomic E-state index is 0.171. The third kappa shape index (κ3) is 2.55. The van der Waals surface area contributed by atoms with Crippen molar-refractivity contribution in [2.45, 2.75) is 5.88 Å². The standard InChI is InChI=1S/C15H13ClN4O/c16-9-14-18-19-15(10-4-6-11(17)7-5-10)20(14)12-2-1-3-13(21)8-12/h1-8,21H,9,17H2. The average molecular weight is 301 g/mol. The number of benzene rings is 2. The van der Waals surface area contributed by atoms with Gasteiger partial charge in [-0.2, -0.15) is 0 Å². The van der Waals surface area contributed by atoms with E-state index in [0.717, 1.165) is 11.3 Å². The van der Waals surface area contributed by atoms with Crippen LogP contribution in [0.3, 0.4) is 0 Å². The van der Waals surface area contributed by atoms with E-state index in [1.54, 1.807) is 30.3 Å². The molecule has 0 aliphatic heterocycles. The lowest BCUT2D eigenvalue weighted by Gasteiger charge is -2.10. The molecule has 0 saturated heterocycles. The molecule has 0 radical (unpaired) electrons. The van der Waals surface area contributed by atoms with Crippen molar-refractivity contribution >= 4 is 17.3 Å². The Bertz CT molecular complexity index is 768. The third-order valence-corrected chi connectivity index (χ3v) is 3.35. The predicted octanol–water partition coefficient (Wildman–Crippen LogP) is 2.96. The molecule has 0 spiro atoms. The number of nitrogen functional groups attached to an aromatic ring is 1. The smallest absolute Gasteiger partial charge is 0.168 e. The van der Waals surface area contributed by atoms with Crippen LogP contribution in [0.5, 0.6) is 5.75 Å². The van der Waals surface area contributed by atoms with E-state index in [2.05, 4.69) is 10.2 Å². The second-order valence-corrected chi connectivity index (χ2v) is 4.82. The van der Waals surface area contributed by atoms with E-state index in [9.17, 15) is 5.11 Å². The van der Waals surface area contributed by atoms with E-state index in [4.69, 9.17) is 17.3 Å². The van der Waals surface area contributed by atoms with Gasteiger partial charge >= 0.3 is 0 Å². The summed E-state index contributed by atoms with van der Waals surface area (Å²) < 4.78 is 1.82. The zero-order chi connectivity index (χ0) is 14.8. The number of hydrogen-bond acceptors (Lipinski definition) is 4. The molecule has 0 aliphatic rings. The quantitative estimate of drug-likeness (QED) is 0.576. The maximum absolute atomic E-state index is 9.67. The van der Waals surface area contributed by atoms with Gasteiger partial charge in [-0.1, -0.05) is 6.07 Å². The summed E-state index contributed by atoms with van der Waals surface area (Å²) in [4.78, 5) is 0. The highest BCUT2D eigenvalue weighted by Gasteiger charge is 2.15. The fraction of sp³-hybridized carbons (Fsp3) is 0.0667. The first-order chi connectivity index (χ1) is 10.2. The van der Waals surface area contributed by atoms with Crippen molar-refractivity contribution in [1.29, 1.82) is 0 Å². The van der Waals surface area contributed by atoms with E-state index in [1.165, 1.54) is 0 Å². The van der Waals surface area contributed by atoms with Gasteiger partial charge in [-0.15, -0.1) is 21.8 Å². The van der Waals surface area contributed by atoms with E-state index in [1.807, 2.05) is 22.8 Å². The number of anilines is 1. The predicted molar refractivity (Wildman–Crippen MR) is 82.4 cm³/mol. The normalized spacial score (nSPS) is 10.7. The number of phenols is 1. The number of halogens is 1. The first kappa shape index (κ1) is 13.5. The molecular weight excluding hydrogens is 288 g/mol. The molecule has 3 N–H and O–H groups in total. The third-order valence-electron chi connectivity index (χ3n) is 3.11. The molecule has 6 heteroatoms. The van der Waals surface area contributed by atoms with Crippen LogP contribution in [-0.2, 0) is 5.88 Å². The fourth-order valence-corrected chi connectivity index (χ4v) is 2.30. The summed E-state index contributed by atoms with van der Waals surface area (Å²) in [6.45, 7) is 0. The Balaban J connectivity index is 2.19. The molecule has 106 valence electrons. The summed E-state index contributed by atoms with van der Waals surface area (Å²) in [7, 11) is 0. The van der Waals surface area contributed by atoms with Crippen LogP contribution in [0.25, 0.3) is 17.1 Å². The monoisotopic (exact) mass is 300 g/mol. The number of aromatic hydroxyl groups is 1. The summed E-state index contributed by atoms with van der Waals surface area (Å²) in [5.41, 5.74) is 8.01. The Kier molecular flexibility index (Phi) is 3.50. The van der Waals surface area contributed by atoms with Crippen molar-refractivity contribution in [3.05, 3.63) is 54.4 Å². The van der Waals surface area contributed by atoms with Crippen molar-refractivity contribution in [2.24, 2.45) is 0 Å². The van der Waals surface area contributed by atoms with Gasteiger partial charge in [0.1, 0.15) is 5.75 Å². The molecule has 2 aromatic carbocycles. The van der Waals surface area contributed by atoms with Crippen molar-refractivity contribution < 1.29 is 5.11 Å². The lowest BCUT2D eigenvalue weighted by atomic mass is 10.2. The van der Waals surface area contributed by atoms with Crippen molar-refractivity contribution in [2.75, 3.05) is 5.73 Å². The zero-order valence-electron chi connectivity index (χ0n) is 11.1. The first-order valence-electron chi connectivity index (χ1n) is 6.34. The molecule has 0 saturated carbocycles. The second kappa shape index (κ2) is 5.46. The Morgan fingerprint density at radius 1 is 1.10 bits per heavy atom. The number of alkyl halides is 1. The summed E-state index contributed by atoms with van der Waals surface area (Å²) in [5.74, 6) is 1.65. The summed E-state index contributed by atoms with van der Waals surface area (Å²) in [6.07, 6.45) is 0. The number of nitrogens with zero attached hydrogens (tertiary/aromatic N) is 3. The maximum Gasteiger partial charge on any atom is 0.168 e. The van der Waals surface area contributed by atoms with Crippen LogP contribution in [0.4, 0.5) is 5.69 Å². The Labute approximate surface area is 126 Å². The lowest BCUT2D eigenvalue weighted by molar-refractivity contribution is 0.475. The van der Waals surface area contributed by atoms with E-state index >= 15 is 0 Å². The van der Waals surface area contributed by atoms with Crippen LogP contribution in [0.2, 0.25) is 0 Å². The van der Waals surface area contributed by atoms with Crippen LogP contribution >= 0.6 is 11.6 Å². The van der Waals surface area contributed by atoms with Gasteiger partial charge in [0, 0.05) is 17.3 Å². The molecule has 0 unspecified atom stereocenters. The highest BCUT2D eigenvalue weighted by atomic mass is 35.5. The van der Waals surface area contributed by atoms with Crippen LogP contribution in [0.1, 0.15) is 5.82 Å². The highest BCUT2D eigenvalue weighted by Crippen LogP contribution is 2.26. The van der Waals surface area contributed by atoms with Crippen LogP contribution < -0.4 is 5.73 Å². The van der Waals surface area contributed by atoms with E-state index < -0.39 is 0 Å². The number of phenolic OH excluding ortho intramolecular Hbond substituents is 1. The van der Waals surface area contributed by atoms with Gasteiger partial charge in [-0.05, 0) is 36.4 Å². The topological polar surface area (TPSA) is 77.0 Å². The first-order valence-corrected chi connectivity index (χ1v) is 6.88. The molecule has 1 heterocycles. The highest BCUT2D eigenvalue weighted by molar-refractivity contribution is 6.16. The van der Waals surface area contributed by atoms with Gasteiger partial charge in [-0.3, -0.25) is 4.57 Å². The summed E-state index contributed by atoms with van der Waals surface area (Å²) in [6, 6.07) is 14.2. The van der Waals surface area contributed by atoms with Gasteiger partial charge in [0.05, 0.1) is 11.6 Å². The molecule has 1 aromatic heterocycles. The van der Waals surface area contributed by atoms with Crippen LogP contribution in [0, 0.1) is 0 Å². The van der Waals surface area contributed by atoms with Crippen molar-refractivity contribution in [3.63, 3.8) is 0 Å². The van der Waals surface area contributed by atoms with E-state index in [-0.39, 0.29) is 11.6 Å². The molecule has 21 heavy (non-hydrogen) atoms. The van der Waals surface area contributed by atoms with Gasteiger partial charge in [-0.25, -0.2) is 0 Å². The SMILES string of the molecule is Nc1ccc(-c2nnc(CCl)n2-c2cccc(O)c2)cc1. The minimum absolute atomic E-state index is 0.171. The zero-order valence-corrected chi connectivity index (χ0v) is 11.8. The van der Waals surface area contributed by atoms with Crippen molar-refractivity contribution in [1.82, 2.24) is 14.8 Å². The van der Waals surface area contributed by atoms with Gasteiger partial charge in [0.25, 0.3) is 0 Å². The molecule has 0 fully saturated rings. The Morgan fingerprint density at radius 3 is 2.52 bits per heavy atom. The van der Waals surface area contributed by atoms with Crippen LogP contribution in [0.15, 0.2) is 48.5 Å². The van der Waals surface area contributed by atoms with Gasteiger partial charge in [0.2, 0.25) is 0 Å². The summed E-state index contributed by atoms with van der Waals surface area (Å²) >= 11 is 5.94. The van der Waals surface area contributed by atoms with Gasteiger partial charge in [0.15, 0.2) is 11.6 Å². The number of nitrogens with two attached hydrogens (primary N) is 1. The molecule has 5 nitrogen and oxygen atoms in total. The molecule has 0 amide bonds. The molecule has 0 atom stereocenters. The van der Waals surface area contributed by atoms with Crippen molar-refractivity contribution in [3.8, 4) is 22.8 Å². The average Bonchev–Trinajstić information content (AvgIpc) is 2.92. The Hall–Kier alpha value is -2.53. The summed E-state index contributed by atoms with van der Waals surface area (Å²) in [5, 5.41) is 18.0. The fourth-order valence-electron chi connectivity index (χ4n) is 2.13. The number of aromatic nitrogens is 3. The molecule has 0 aliphatic carbocycles. The number of hydrogen-bond donors (Lipinski definition) is 2. The van der Waals surface area contributed by atoms with Crippen LogP contribution in [-0.4, -0.2) is 19.9 Å². The molecule has 0 bridgehead atoms. The van der Waals surface area contributed by atoms with E-state index in [0.29, 0.717) is 17.3 Å².